The molecule has 0 unspecified atom stereocenters. The van der Waals surface area contributed by atoms with Crippen LogP contribution in [0.5, 0.6) is 0 Å². The molecule has 106 valence electrons. The van der Waals surface area contributed by atoms with E-state index in [0.717, 1.165) is 10.9 Å². The van der Waals surface area contributed by atoms with E-state index in [-0.39, 0.29) is 5.56 Å². The minimum absolute atomic E-state index is 0.223. The van der Waals surface area contributed by atoms with Crippen LogP contribution in [0.3, 0.4) is 0 Å². The first kappa shape index (κ1) is 13.7. The number of rotatable bonds is 1. The summed E-state index contributed by atoms with van der Waals surface area (Å²) in [6, 6.07) is 17.0. The van der Waals surface area contributed by atoms with E-state index in [4.69, 9.17) is 0 Å². The van der Waals surface area contributed by atoms with Crippen molar-refractivity contribution in [3.63, 3.8) is 0 Å². The molecule has 3 rings (SSSR count). The molecule has 0 aliphatic heterocycles. The summed E-state index contributed by atoms with van der Waals surface area (Å²) in [7, 11) is 0. The molecule has 0 amide bonds. The molecule has 0 heterocycles. The lowest BCUT2D eigenvalue weighted by Gasteiger charge is -2.15. The van der Waals surface area contributed by atoms with Gasteiger partial charge in [-0.1, -0.05) is 54.1 Å². The summed E-state index contributed by atoms with van der Waals surface area (Å²) in [6.07, 6.45) is -4.37. The molecule has 0 nitrogen and oxygen atoms in total. The van der Waals surface area contributed by atoms with Crippen molar-refractivity contribution in [2.75, 3.05) is 0 Å². The molecule has 3 aromatic rings. The van der Waals surface area contributed by atoms with E-state index in [1.54, 1.807) is 30.3 Å². The SMILES string of the molecule is Cc1ccc(-c2cc3ccccc3cc2C(F)(F)F)cc1. The average molecular weight is 286 g/mol. The van der Waals surface area contributed by atoms with Gasteiger partial charge >= 0.3 is 6.18 Å². The molecular weight excluding hydrogens is 273 g/mol. The van der Waals surface area contributed by atoms with Gasteiger partial charge in [-0.25, -0.2) is 0 Å². The molecule has 21 heavy (non-hydrogen) atoms. The van der Waals surface area contributed by atoms with Gasteiger partial charge in [-0.2, -0.15) is 13.2 Å². The molecule has 0 saturated heterocycles. The van der Waals surface area contributed by atoms with Crippen molar-refractivity contribution in [3.8, 4) is 11.1 Å². The number of fused-ring (bicyclic) bond motifs is 1. The maximum Gasteiger partial charge on any atom is 0.417 e. The zero-order valence-corrected chi connectivity index (χ0v) is 11.4. The highest BCUT2D eigenvalue weighted by Crippen LogP contribution is 2.39. The first-order chi connectivity index (χ1) is 9.95. The normalized spacial score (nSPS) is 11.8. The van der Waals surface area contributed by atoms with Crippen molar-refractivity contribution >= 4 is 10.8 Å². The molecule has 3 heteroatoms. The van der Waals surface area contributed by atoms with Crippen LogP contribution in [0.1, 0.15) is 11.1 Å². The average Bonchev–Trinajstić information content (AvgIpc) is 2.46. The second-order valence-corrected chi connectivity index (χ2v) is 5.11. The topological polar surface area (TPSA) is 0 Å². The molecule has 0 N–H and O–H groups in total. The Morgan fingerprint density at radius 2 is 1.33 bits per heavy atom. The number of hydrogen-bond donors (Lipinski definition) is 0. The van der Waals surface area contributed by atoms with Crippen LogP contribution in [-0.2, 0) is 6.18 Å². The summed E-state index contributed by atoms with van der Waals surface area (Å²) in [5, 5.41) is 1.40. The Morgan fingerprint density at radius 3 is 1.90 bits per heavy atom. The molecule has 0 radical (unpaired) electrons. The Bertz CT molecular complexity index is 784. The van der Waals surface area contributed by atoms with E-state index in [0.29, 0.717) is 10.9 Å². The minimum atomic E-state index is -4.37. The molecule has 0 aliphatic carbocycles. The Kier molecular flexibility index (Phi) is 3.20. The zero-order valence-electron chi connectivity index (χ0n) is 11.4. The van der Waals surface area contributed by atoms with Gasteiger partial charge in [0.15, 0.2) is 0 Å². The number of hydrogen-bond acceptors (Lipinski definition) is 0. The second kappa shape index (κ2) is 4.92. The summed E-state index contributed by atoms with van der Waals surface area (Å²) in [4.78, 5) is 0. The Morgan fingerprint density at radius 1 is 0.762 bits per heavy atom. The van der Waals surface area contributed by atoms with Gasteiger partial charge in [0.05, 0.1) is 5.56 Å². The maximum absolute atomic E-state index is 13.3. The van der Waals surface area contributed by atoms with E-state index >= 15 is 0 Å². The molecular formula is C18H13F3. The van der Waals surface area contributed by atoms with Gasteiger partial charge in [0.1, 0.15) is 0 Å². The predicted octanol–water partition coefficient (Wildman–Crippen LogP) is 5.83. The van der Waals surface area contributed by atoms with Crippen LogP contribution < -0.4 is 0 Å². The van der Waals surface area contributed by atoms with E-state index in [1.807, 2.05) is 31.2 Å². The summed E-state index contributed by atoms with van der Waals surface area (Å²) < 4.78 is 40.0. The van der Waals surface area contributed by atoms with Gasteiger partial charge < -0.3 is 0 Å². The molecule has 0 atom stereocenters. The van der Waals surface area contributed by atoms with Crippen molar-refractivity contribution in [2.45, 2.75) is 13.1 Å². The van der Waals surface area contributed by atoms with Crippen molar-refractivity contribution in [1.82, 2.24) is 0 Å². The van der Waals surface area contributed by atoms with Gasteiger partial charge in [0.2, 0.25) is 0 Å². The molecule has 0 aromatic heterocycles. The molecule has 0 aliphatic rings. The lowest BCUT2D eigenvalue weighted by molar-refractivity contribution is -0.137. The van der Waals surface area contributed by atoms with Crippen LogP contribution in [0.4, 0.5) is 13.2 Å². The van der Waals surface area contributed by atoms with Gasteiger partial charge in [-0.05, 0) is 41.0 Å². The van der Waals surface area contributed by atoms with Gasteiger partial charge in [0.25, 0.3) is 0 Å². The highest BCUT2D eigenvalue weighted by Gasteiger charge is 2.33. The molecule has 0 spiro atoms. The summed E-state index contributed by atoms with van der Waals surface area (Å²) in [5.74, 6) is 0. The maximum atomic E-state index is 13.3. The van der Waals surface area contributed by atoms with Crippen molar-refractivity contribution < 1.29 is 13.2 Å². The Hall–Kier alpha value is -2.29. The summed E-state index contributed by atoms with van der Waals surface area (Å²) in [6.45, 7) is 1.91. The largest absolute Gasteiger partial charge is 0.417 e. The van der Waals surface area contributed by atoms with Crippen LogP contribution in [0.2, 0.25) is 0 Å². The summed E-state index contributed by atoms with van der Waals surface area (Å²) >= 11 is 0. The third kappa shape index (κ3) is 2.64. The number of benzene rings is 3. The third-order valence-electron chi connectivity index (χ3n) is 3.55. The van der Waals surface area contributed by atoms with Crippen molar-refractivity contribution in [2.24, 2.45) is 0 Å². The Labute approximate surface area is 120 Å². The molecule has 0 saturated carbocycles. The number of halogens is 3. The van der Waals surface area contributed by atoms with Gasteiger partial charge in [-0.3, -0.25) is 0 Å². The highest BCUT2D eigenvalue weighted by molar-refractivity contribution is 5.89. The second-order valence-electron chi connectivity index (χ2n) is 5.11. The van der Waals surface area contributed by atoms with Crippen LogP contribution in [-0.4, -0.2) is 0 Å². The number of alkyl halides is 3. The quantitative estimate of drug-likeness (QED) is 0.527. The zero-order chi connectivity index (χ0) is 15.0. The van der Waals surface area contributed by atoms with Gasteiger partial charge in [0, 0.05) is 0 Å². The van der Waals surface area contributed by atoms with Crippen LogP contribution in [0, 0.1) is 6.92 Å². The van der Waals surface area contributed by atoms with Crippen LogP contribution >= 0.6 is 0 Å². The monoisotopic (exact) mass is 286 g/mol. The first-order valence-electron chi connectivity index (χ1n) is 6.62. The summed E-state index contributed by atoms with van der Waals surface area (Å²) in [5.41, 5.74) is 1.23. The predicted molar refractivity (Wildman–Crippen MR) is 79.1 cm³/mol. The van der Waals surface area contributed by atoms with E-state index in [9.17, 15) is 13.2 Å². The minimum Gasteiger partial charge on any atom is -0.166 e. The van der Waals surface area contributed by atoms with Crippen molar-refractivity contribution in [3.05, 3.63) is 71.8 Å². The number of aryl methyl sites for hydroxylation is 1. The molecule has 3 aromatic carbocycles. The van der Waals surface area contributed by atoms with E-state index in [1.165, 1.54) is 6.07 Å². The first-order valence-corrected chi connectivity index (χ1v) is 6.62. The standard InChI is InChI=1S/C18H13F3/c1-12-6-8-13(9-7-12)16-10-14-4-2-3-5-15(14)11-17(16)18(19,20)21/h2-11H,1H3. The fourth-order valence-electron chi connectivity index (χ4n) is 2.45. The lowest BCUT2D eigenvalue weighted by atomic mass is 9.95. The fourth-order valence-corrected chi connectivity index (χ4v) is 2.45. The highest BCUT2D eigenvalue weighted by atomic mass is 19.4. The van der Waals surface area contributed by atoms with E-state index < -0.39 is 11.7 Å². The Balaban J connectivity index is 2.30. The van der Waals surface area contributed by atoms with Gasteiger partial charge in [-0.15, -0.1) is 0 Å². The van der Waals surface area contributed by atoms with Crippen LogP contribution in [0.15, 0.2) is 60.7 Å². The smallest absolute Gasteiger partial charge is 0.166 e. The van der Waals surface area contributed by atoms with Crippen molar-refractivity contribution in [1.29, 1.82) is 0 Å². The fraction of sp³-hybridized carbons (Fsp3) is 0.111. The molecule has 0 bridgehead atoms. The third-order valence-corrected chi connectivity index (χ3v) is 3.55. The van der Waals surface area contributed by atoms with Crippen LogP contribution in [0.25, 0.3) is 21.9 Å². The molecule has 0 fully saturated rings. The lowest BCUT2D eigenvalue weighted by Crippen LogP contribution is -2.07. The van der Waals surface area contributed by atoms with E-state index in [2.05, 4.69) is 0 Å².